The highest BCUT2D eigenvalue weighted by Gasteiger charge is 2.10. The van der Waals surface area contributed by atoms with Crippen LogP contribution in [0.5, 0.6) is 0 Å². The third-order valence-electron chi connectivity index (χ3n) is 2.23. The summed E-state index contributed by atoms with van der Waals surface area (Å²) in [6.07, 6.45) is 3.14. The molecule has 1 rings (SSSR count). The Morgan fingerprint density at radius 2 is 2.13 bits per heavy atom. The van der Waals surface area contributed by atoms with E-state index in [-0.39, 0.29) is 0 Å². The fourth-order valence-corrected chi connectivity index (χ4v) is 1.23. The van der Waals surface area contributed by atoms with E-state index in [4.69, 9.17) is 0 Å². The maximum atomic E-state index is 4.10. The minimum absolute atomic E-state index is 0.355. The summed E-state index contributed by atoms with van der Waals surface area (Å²) in [7, 11) is 0. The predicted molar refractivity (Wildman–Crippen MR) is 61.5 cm³/mol. The SMILES string of the molecule is CCNCc1cn(CCC(C)(C)C)nn1. The average molecular weight is 210 g/mol. The molecule has 1 heterocycles. The molecule has 0 spiro atoms. The molecule has 15 heavy (non-hydrogen) atoms. The summed E-state index contributed by atoms with van der Waals surface area (Å²) >= 11 is 0. The Morgan fingerprint density at radius 1 is 1.40 bits per heavy atom. The van der Waals surface area contributed by atoms with Crippen LogP contribution in [0.25, 0.3) is 0 Å². The lowest BCUT2D eigenvalue weighted by Gasteiger charge is -2.17. The van der Waals surface area contributed by atoms with Gasteiger partial charge in [0.25, 0.3) is 0 Å². The Morgan fingerprint density at radius 3 is 2.73 bits per heavy atom. The zero-order chi connectivity index (χ0) is 11.3. The fraction of sp³-hybridized carbons (Fsp3) is 0.818. The molecule has 0 saturated heterocycles. The molecule has 4 nitrogen and oxygen atoms in total. The number of aryl methyl sites for hydroxylation is 1. The molecule has 86 valence electrons. The molecule has 0 saturated carbocycles. The normalized spacial score (nSPS) is 12.0. The molecule has 1 aromatic heterocycles. The topological polar surface area (TPSA) is 42.7 Å². The molecule has 1 N–H and O–H groups in total. The Kier molecular flexibility index (Phi) is 4.27. The van der Waals surface area contributed by atoms with Gasteiger partial charge in [-0.15, -0.1) is 5.10 Å². The molecular formula is C11H22N4. The lowest BCUT2D eigenvalue weighted by atomic mass is 9.92. The van der Waals surface area contributed by atoms with Crippen molar-refractivity contribution < 1.29 is 0 Å². The highest BCUT2D eigenvalue weighted by atomic mass is 15.4. The summed E-state index contributed by atoms with van der Waals surface area (Å²) in [5.41, 5.74) is 1.37. The van der Waals surface area contributed by atoms with Crippen LogP contribution in [-0.2, 0) is 13.1 Å². The van der Waals surface area contributed by atoms with Gasteiger partial charge in [0.1, 0.15) is 0 Å². The van der Waals surface area contributed by atoms with Crippen molar-refractivity contribution in [3.63, 3.8) is 0 Å². The average Bonchev–Trinajstić information content (AvgIpc) is 2.58. The quantitative estimate of drug-likeness (QED) is 0.806. The summed E-state index contributed by atoms with van der Waals surface area (Å²) in [6.45, 7) is 11.5. The van der Waals surface area contributed by atoms with Crippen LogP contribution in [-0.4, -0.2) is 21.5 Å². The Labute approximate surface area is 92.1 Å². The molecular weight excluding hydrogens is 188 g/mol. The third kappa shape index (κ3) is 4.93. The predicted octanol–water partition coefficient (Wildman–Crippen LogP) is 1.82. The highest BCUT2D eigenvalue weighted by Crippen LogP contribution is 2.18. The number of nitrogens with one attached hydrogen (secondary N) is 1. The lowest BCUT2D eigenvalue weighted by molar-refractivity contribution is 0.339. The molecule has 0 unspecified atom stereocenters. The summed E-state index contributed by atoms with van der Waals surface area (Å²) in [5.74, 6) is 0. The van der Waals surface area contributed by atoms with Crippen molar-refractivity contribution in [2.45, 2.75) is 47.2 Å². The van der Waals surface area contributed by atoms with E-state index < -0.39 is 0 Å². The van der Waals surface area contributed by atoms with Crippen LogP contribution in [0.4, 0.5) is 0 Å². The smallest absolute Gasteiger partial charge is 0.0964 e. The van der Waals surface area contributed by atoms with Crippen LogP contribution in [0.3, 0.4) is 0 Å². The van der Waals surface area contributed by atoms with Crippen molar-refractivity contribution in [1.29, 1.82) is 0 Å². The Hall–Kier alpha value is -0.900. The molecule has 1 aromatic rings. The van der Waals surface area contributed by atoms with Crippen molar-refractivity contribution in [3.05, 3.63) is 11.9 Å². The molecule has 0 aliphatic heterocycles. The number of aromatic nitrogens is 3. The van der Waals surface area contributed by atoms with Gasteiger partial charge in [-0.2, -0.15) is 0 Å². The van der Waals surface area contributed by atoms with Gasteiger partial charge in [0, 0.05) is 19.3 Å². The van der Waals surface area contributed by atoms with Crippen molar-refractivity contribution >= 4 is 0 Å². The number of nitrogens with zero attached hydrogens (tertiary/aromatic N) is 3. The van der Waals surface area contributed by atoms with E-state index in [1.807, 2.05) is 10.9 Å². The van der Waals surface area contributed by atoms with E-state index in [1.165, 1.54) is 0 Å². The summed E-state index contributed by atoms with van der Waals surface area (Å²) < 4.78 is 1.93. The molecule has 0 atom stereocenters. The van der Waals surface area contributed by atoms with E-state index in [0.717, 1.165) is 31.7 Å². The van der Waals surface area contributed by atoms with Gasteiger partial charge in [-0.1, -0.05) is 32.9 Å². The number of rotatable bonds is 5. The zero-order valence-electron chi connectivity index (χ0n) is 10.2. The molecule has 0 aliphatic carbocycles. The monoisotopic (exact) mass is 210 g/mol. The van der Waals surface area contributed by atoms with Crippen LogP contribution in [0.2, 0.25) is 0 Å². The van der Waals surface area contributed by atoms with Crippen LogP contribution in [0, 0.1) is 5.41 Å². The number of hydrogen-bond donors (Lipinski definition) is 1. The minimum Gasteiger partial charge on any atom is -0.311 e. The van der Waals surface area contributed by atoms with E-state index in [0.29, 0.717) is 5.41 Å². The van der Waals surface area contributed by atoms with Gasteiger partial charge in [-0.3, -0.25) is 4.68 Å². The van der Waals surface area contributed by atoms with Gasteiger partial charge < -0.3 is 5.32 Å². The third-order valence-corrected chi connectivity index (χ3v) is 2.23. The molecule has 0 aliphatic rings. The van der Waals surface area contributed by atoms with E-state index >= 15 is 0 Å². The second kappa shape index (κ2) is 5.26. The van der Waals surface area contributed by atoms with Crippen molar-refractivity contribution in [1.82, 2.24) is 20.3 Å². The second-order valence-corrected chi connectivity index (χ2v) is 5.06. The first-order chi connectivity index (χ1) is 7.01. The summed E-state index contributed by atoms with van der Waals surface area (Å²) in [5, 5.41) is 11.4. The lowest BCUT2D eigenvalue weighted by Crippen LogP contribution is -2.12. The van der Waals surface area contributed by atoms with Gasteiger partial charge in [-0.25, -0.2) is 0 Å². The highest BCUT2D eigenvalue weighted by molar-refractivity contribution is 4.91. The number of hydrogen-bond acceptors (Lipinski definition) is 3. The van der Waals surface area contributed by atoms with Crippen LogP contribution < -0.4 is 5.32 Å². The molecule has 0 bridgehead atoms. The maximum Gasteiger partial charge on any atom is 0.0964 e. The molecule has 0 fully saturated rings. The van der Waals surface area contributed by atoms with Crippen molar-refractivity contribution in [2.75, 3.05) is 6.54 Å². The minimum atomic E-state index is 0.355. The Bertz CT molecular complexity index is 285. The second-order valence-electron chi connectivity index (χ2n) is 5.06. The molecule has 0 amide bonds. The first kappa shape index (κ1) is 12.2. The largest absolute Gasteiger partial charge is 0.311 e. The van der Waals surface area contributed by atoms with Gasteiger partial charge in [-0.05, 0) is 18.4 Å². The van der Waals surface area contributed by atoms with Crippen LogP contribution in [0.15, 0.2) is 6.20 Å². The van der Waals surface area contributed by atoms with Gasteiger partial charge in [0.15, 0.2) is 0 Å². The Balaban J connectivity index is 2.39. The molecule has 0 aromatic carbocycles. The summed E-state index contributed by atoms with van der Waals surface area (Å²) in [4.78, 5) is 0. The van der Waals surface area contributed by atoms with Crippen LogP contribution >= 0.6 is 0 Å². The zero-order valence-corrected chi connectivity index (χ0v) is 10.2. The van der Waals surface area contributed by atoms with Crippen molar-refractivity contribution in [2.24, 2.45) is 5.41 Å². The fourth-order valence-electron chi connectivity index (χ4n) is 1.23. The van der Waals surface area contributed by atoms with Gasteiger partial charge in [0.2, 0.25) is 0 Å². The van der Waals surface area contributed by atoms with Gasteiger partial charge in [0.05, 0.1) is 5.69 Å². The summed E-state index contributed by atoms with van der Waals surface area (Å²) in [6, 6.07) is 0. The van der Waals surface area contributed by atoms with Crippen LogP contribution in [0.1, 0.15) is 39.8 Å². The molecule has 0 radical (unpaired) electrons. The molecule has 4 heteroatoms. The van der Waals surface area contributed by atoms with Gasteiger partial charge >= 0.3 is 0 Å². The van der Waals surface area contributed by atoms with E-state index in [1.54, 1.807) is 0 Å². The van der Waals surface area contributed by atoms with E-state index in [2.05, 4.69) is 43.3 Å². The first-order valence-corrected chi connectivity index (χ1v) is 5.61. The standard InChI is InChI=1S/C11H22N4/c1-5-12-8-10-9-15(14-13-10)7-6-11(2,3)4/h9,12H,5-8H2,1-4H3. The maximum absolute atomic E-state index is 4.10. The van der Waals surface area contributed by atoms with Crippen molar-refractivity contribution in [3.8, 4) is 0 Å². The van der Waals surface area contributed by atoms with E-state index in [9.17, 15) is 0 Å². The first-order valence-electron chi connectivity index (χ1n) is 5.61.